The summed E-state index contributed by atoms with van der Waals surface area (Å²) < 4.78 is 22.7. The van der Waals surface area contributed by atoms with Gasteiger partial charge in [0.2, 0.25) is 32.7 Å². The van der Waals surface area contributed by atoms with Crippen molar-refractivity contribution >= 4 is 27.6 Å². The number of carbonyl (C=O) groups excluding carboxylic acids is 3. The molecule has 5 N–H and O–H groups in total. The quantitative estimate of drug-likeness (QED) is 0.198. The molecule has 0 bridgehead atoms. The minimum atomic E-state index is -3.47. The molecule has 1 aliphatic rings. The average Bonchev–Trinajstić information content (AvgIpc) is 2.77. The molecule has 34 heavy (non-hydrogen) atoms. The minimum absolute atomic E-state index is 0.166. The monoisotopic (exact) mass is 492 g/mol. The molecule has 0 unspecified atom stereocenters. The second-order valence-electron chi connectivity index (χ2n) is 8.66. The highest BCUT2D eigenvalue weighted by molar-refractivity contribution is 7.90. The second kappa shape index (κ2) is 11.9. The van der Waals surface area contributed by atoms with Crippen molar-refractivity contribution in [3.05, 3.63) is 18.0 Å². The van der Waals surface area contributed by atoms with Crippen LogP contribution in [0.4, 0.5) is 0 Å². The lowest BCUT2D eigenvalue weighted by Gasteiger charge is -2.37. The first kappa shape index (κ1) is 27.2. The zero-order valence-electron chi connectivity index (χ0n) is 19.7. The topological polar surface area (TPSA) is 173 Å². The van der Waals surface area contributed by atoms with Gasteiger partial charge in [-0.05, 0) is 38.3 Å². The van der Waals surface area contributed by atoms with Crippen LogP contribution in [0.3, 0.4) is 0 Å². The van der Waals surface area contributed by atoms with E-state index in [-0.39, 0.29) is 23.4 Å². The molecule has 186 valence electrons. The number of aromatic nitrogens is 2. The number of sulfone groups is 1. The number of nitrogens with zero attached hydrogens (tertiary/aromatic N) is 2. The normalized spacial score (nSPS) is 16.1. The molecule has 1 saturated heterocycles. The summed E-state index contributed by atoms with van der Waals surface area (Å²) in [5, 5.41) is 8.40. The SMILES string of the molecule is CC(C)[C@H](NC(=O)CCCC#Cc1cnc(S(C)(=O)=O)nc1)C(=O)NC1(C(N)=O)CCNCC1. The maximum atomic E-state index is 12.9. The van der Waals surface area contributed by atoms with Gasteiger partial charge in [0.25, 0.3) is 0 Å². The van der Waals surface area contributed by atoms with Crippen molar-refractivity contribution in [3.63, 3.8) is 0 Å². The number of amides is 3. The van der Waals surface area contributed by atoms with E-state index in [1.165, 1.54) is 12.4 Å². The zero-order valence-corrected chi connectivity index (χ0v) is 20.5. The van der Waals surface area contributed by atoms with E-state index < -0.39 is 33.2 Å². The predicted molar refractivity (Wildman–Crippen MR) is 125 cm³/mol. The van der Waals surface area contributed by atoms with E-state index in [0.29, 0.717) is 44.3 Å². The Morgan fingerprint density at radius 3 is 2.35 bits per heavy atom. The highest BCUT2D eigenvalue weighted by atomic mass is 32.2. The summed E-state index contributed by atoms with van der Waals surface area (Å²) in [7, 11) is -3.47. The fraction of sp³-hybridized carbons (Fsp3) is 0.591. The molecule has 2 heterocycles. The van der Waals surface area contributed by atoms with E-state index in [1.807, 2.05) is 13.8 Å². The molecule has 0 aromatic carbocycles. The molecule has 1 aromatic rings. The van der Waals surface area contributed by atoms with Crippen molar-refractivity contribution in [3.8, 4) is 11.8 Å². The van der Waals surface area contributed by atoms with Gasteiger partial charge in [0, 0.05) is 31.5 Å². The third-order valence-electron chi connectivity index (χ3n) is 5.46. The molecular formula is C22H32N6O5S. The number of hydrogen-bond acceptors (Lipinski definition) is 8. The number of primary amides is 1. The van der Waals surface area contributed by atoms with Crippen LogP contribution in [-0.4, -0.2) is 67.0 Å². The number of nitrogens with two attached hydrogens (primary N) is 1. The summed E-state index contributed by atoms with van der Waals surface area (Å²) in [4.78, 5) is 44.9. The predicted octanol–water partition coefficient (Wildman–Crippen LogP) is -0.734. The highest BCUT2D eigenvalue weighted by Crippen LogP contribution is 2.19. The number of carbonyl (C=O) groups is 3. The first-order valence-corrected chi connectivity index (χ1v) is 13.0. The number of hydrogen-bond donors (Lipinski definition) is 4. The summed E-state index contributed by atoms with van der Waals surface area (Å²) >= 11 is 0. The van der Waals surface area contributed by atoms with E-state index in [0.717, 1.165) is 6.26 Å². The van der Waals surface area contributed by atoms with Crippen molar-refractivity contribution in [1.82, 2.24) is 25.9 Å². The van der Waals surface area contributed by atoms with Gasteiger partial charge in [0.15, 0.2) is 0 Å². The number of unbranched alkanes of at least 4 members (excludes halogenated alkanes) is 1. The minimum Gasteiger partial charge on any atom is -0.368 e. The Kier molecular flexibility index (Phi) is 9.52. The molecule has 12 heteroatoms. The van der Waals surface area contributed by atoms with Crippen LogP contribution in [0, 0.1) is 17.8 Å². The number of piperidine rings is 1. The van der Waals surface area contributed by atoms with Gasteiger partial charge in [0.1, 0.15) is 11.6 Å². The molecule has 11 nitrogen and oxygen atoms in total. The molecule has 0 saturated carbocycles. The average molecular weight is 493 g/mol. The van der Waals surface area contributed by atoms with E-state index in [1.54, 1.807) is 0 Å². The van der Waals surface area contributed by atoms with Crippen molar-refractivity contribution in [2.45, 2.75) is 62.7 Å². The molecule has 0 aliphatic carbocycles. The second-order valence-corrected chi connectivity index (χ2v) is 10.6. The van der Waals surface area contributed by atoms with Crippen molar-refractivity contribution in [1.29, 1.82) is 0 Å². The molecule has 1 atom stereocenters. The van der Waals surface area contributed by atoms with Crippen LogP contribution in [0.2, 0.25) is 0 Å². The standard InChI is InChI=1S/C22H32N6O5S/c1-15(2)18(19(30)28-22(20(23)31)9-11-24-12-10-22)27-17(29)8-6-4-5-7-16-13-25-21(26-14-16)34(3,32)33/h13-15,18,24H,4,6,8-12H2,1-3H3,(H2,23,31)(H,27,29)(H,28,30)/t18-/m0/s1. The maximum Gasteiger partial charge on any atom is 0.246 e. The van der Waals surface area contributed by atoms with Crippen molar-refractivity contribution < 1.29 is 22.8 Å². The Labute approximate surface area is 200 Å². The van der Waals surface area contributed by atoms with Gasteiger partial charge in [-0.1, -0.05) is 25.7 Å². The highest BCUT2D eigenvalue weighted by Gasteiger charge is 2.41. The van der Waals surface area contributed by atoms with Crippen molar-refractivity contribution in [2.75, 3.05) is 19.3 Å². The van der Waals surface area contributed by atoms with Crippen LogP contribution in [0.25, 0.3) is 0 Å². The number of nitrogens with one attached hydrogen (secondary N) is 3. The molecule has 1 aliphatic heterocycles. The van der Waals surface area contributed by atoms with Gasteiger partial charge >= 0.3 is 0 Å². The summed E-state index contributed by atoms with van der Waals surface area (Å²) in [5.41, 5.74) is 4.93. The van der Waals surface area contributed by atoms with Crippen molar-refractivity contribution in [2.24, 2.45) is 11.7 Å². The van der Waals surface area contributed by atoms with E-state index in [4.69, 9.17) is 5.73 Å². The molecule has 0 spiro atoms. The van der Waals surface area contributed by atoms with Crippen LogP contribution >= 0.6 is 0 Å². The van der Waals surface area contributed by atoms with Crippen LogP contribution in [0.1, 0.15) is 51.5 Å². The van der Waals surface area contributed by atoms with Gasteiger partial charge in [-0.2, -0.15) is 0 Å². The first-order valence-electron chi connectivity index (χ1n) is 11.1. The Morgan fingerprint density at radius 1 is 1.21 bits per heavy atom. The van der Waals surface area contributed by atoms with Crippen LogP contribution < -0.4 is 21.7 Å². The van der Waals surface area contributed by atoms with E-state index in [9.17, 15) is 22.8 Å². The Bertz CT molecular complexity index is 1050. The fourth-order valence-electron chi connectivity index (χ4n) is 3.45. The third-order valence-corrected chi connectivity index (χ3v) is 6.33. The molecule has 1 aromatic heterocycles. The molecule has 0 radical (unpaired) electrons. The largest absolute Gasteiger partial charge is 0.368 e. The van der Waals surface area contributed by atoms with Gasteiger partial charge < -0.3 is 21.7 Å². The van der Waals surface area contributed by atoms with Gasteiger partial charge in [-0.3, -0.25) is 14.4 Å². The van der Waals surface area contributed by atoms with E-state index >= 15 is 0 Å². The Hall–Kier alpha value is -3.04. The van der Waals surface area contributed by atoms with Crippen LogP contribution in [-0.2, 0) is 24.2 Å². The maximum absolute atomic E-state index is 12.9. The first-order chi connectivity index (χ1) is 15.9. The fourth-order valence-corrected chi connectivity index (χ4v) is 3.94. The van der Waals surface area contributed by atoms with Gasteiger partial charge in [-0.25, -0.2) is 18.4 Å². The molecular weight excluding hydrogens is 460 g/mol. The Balaban J connectivity index is 1.86. The number of rotatable bonds is 9. The lowest BCUT2D eigenvalue weighted by atomic mass is 9.86. The Morgan fingerprint density at radius 2 is 1.82 bits per heavy atom. The smallest absolute Gasteiger partial charge is 0.246 e. The summed E-state index contributed by atoms with van der Waals surface area (Å²) in [6.07, 6.45) is 5.52. The molecule has 3 amide bonds. The van der Waals surface area contributed by atoms with Crippen LogP contribution in [0.15, 0.2) is 17.6 Å². The zero-order chi connectivity index (χ0) is 25.4. The van der Waals surface area contributed by atoms with Crippen LogP contribution in [0.5, 0.6) is 0 Å². The summed E-state index contributed by atoms with van der Waals surface area (Å²) in [5.74, 6) is 4.22. The lowest BCUT2D eigenvalue weighted by molar-refractivity contribution is -0.136. The summed E-state index contributed by atoms with van der Waals surface area (Å²) in [6.45, 7) is 4.76. The summed E-state index contributed by atoms with van der Waals surface area (Å²) in [6, 6.07) is -0.796. The lowest BCUT2D eigenvalue weighted by Crippen LogP contribution is -2.65. The molecule has 2 rings (SSSR count). The third kappa shape index (κ3) is 7.78. The molecule has 1 fully saturated rings. The van der Waals surface area contributed by atoms with Gasteiger partial charge in [-0.15, -0.1) is 0 Å². The van der Waals surface area contributed by atoms with Gasteiger partial charge in [0.05, 0.1) is 5.56 Å². The van der Waals surface area contributed by atoms with E-state index in [2.05, 4.69) is 37.8 Å².